The molecule has 2 N–H and O–H groups in total. The van der Waals surface area contributed by atoms with Crippen molar-refractivity contribution in [2.24, 2.45) is 5.92 Å². The fourth-order valence-electron chi connectivity index (χ4n) is 2.46. The molecule has 1 aromatic carbocycles. The van der Waals surface area contributed by atoms with Gasteiger partial charge in [-0.3, -0.25) is 0 Å². The smallest absolute Gasteiger partial charge is 0.416 e. The van der Waals surface area contributed by atoms with Crippen LogP contribution in [0.2, 0.25) is 0 Å². The van der Waals surface area contributed by atoms with Gasteiger partial charge in [-0.15, -0.1) is 0 Å². The summed E-state index contributed by atoms with van der Waals surface area (Å²) in [6.45, 7) is 1.38. The highest BCUT2D eigenvalue weighted by Gasteiger charge is 2.32. The second kappa shape index (κ2) is 7.06. The van der Waals surface area contributed by atoms with Gasteiger partial charge < -0.3 is 10.1 Å². The average Bonchev–Trinajstić information content (AvgIpc) is 3.00. The van der Waals surface area contributed by atoms with Gasteiger partial charge in [0.25, 0.3) is 0 Å². The van der Waals surface area contributed by atoms with Crippen LogP contribution in [0, 0.1) is 5.92 Å². The first-order valence-electron chi connectivity index (χ1n) is 7.17. The lowest BCUT2D eigenvalue weighted by molar-refractivity contribution is -0.137. The van der Waals surface area contributed by atoms with E-state index in [0.717, 1.165) is 25.1 Å². The Hall–Kier alpha value is -1.32. The van der Waals surface area contributed by atoms with Crippen LogP contribution in [0.3, 0.4) is 0 Å². The molecular weight excluding hydrogens is 333 g/mol. The molecule has 1 fully saturated rings. The molecule has 23 heavy (non-hydrogen) atoms. The number of ether oxygens (including phenoxy) is 1. The van der Waals surface area contributed by atoms with E-state index in [1.165, 1.54) is 19.2 Å². The van der Waals surface area contributed by atoms with Gasteiger partial charge in [0, 0.05) is 12.5 Å². The van der Waals surface area contributed by atoms with E-state index in [9.17, 15) is 21.6 Å². The zero-order valence-corrected chi connectivity index (χ0v) is 13.4. The summed E-state index contributed by atoms with van der Waals surface area (Å²) < 4.78 is 69.2. The number of rotatable bonds is 6. The number of hydrogen-bond donors (Lipinski definition) is 2. The Morgan fingerprint density at radius 1 is 1.35 bits per heavy atom. The lowest BCUT2D eigenvalue weighted by atomic mass is 10.0. The summed E-state index contributed by atoms with van der Waals surface area (Å²) in [4.78, 5) is 0. The third-order valence-corrected chi connectivity index (χ3v) is 5.18. The molecule has 0 unspecified atom stereocenters. The van der Waals surface area contributed by atoms with Gasteiger partial charge >= 0.3 is 6.18 Å². The van der Waals surface area contributed by atoms with Crippen LogP contribution in [-0.4, -0.2) is 40.4 Å². The van der Waals surface area contributed by atoms with E-state index in [-0.39, 0.29) is 17.4 Å². The van der Waals surface area contributed by atoms with Crippen LogP contribution in [0.25, 0.3) is 0 Å². The Kier molecular flexibility index (Phi) is 5.53. The molecule has 1 saturated heterocycles. The highest BCUT2D eigenvalue weighted by Crippen LogP contribution is 2.31. The molecule has 2 rings (SSSR count). The Morgan fingerprint density at radius 2 is 2.00 bits per heavy atom. The van der Waals surface area contributed by atoms with Crippen LogP contribution in [0.15, 0.2) is 24.3 Å². The number of sulfonamides is 1. The molecule has 0 aliphatic carbocycles. The first-order valence-corrected chi connectivity index (χ1v) is 8.82. The Morgan fingerprint density at radius 3 is 2.48 bits per heavy atom. The molecule has 9 heteroatoms. The van der Waals surface area contributed by atoms with Crippen LogP contribution in [0.4, 0.5) is 13.2 Å². The molecule has 1 aliphatic heterocycles. The lowest BCUT2D eigenvalue weighted by Gasteiger charge is -2.24. The van der Waals surface area contributed by atoms with E-state index in [1.54, 1.807) is 0 Å². The molecule has 0 bridgehead atoms. The highest BCUT2D eigenvalue weighted by molar-refractivity contribution is 7.89. The zero-order chi connectivity index (χ0) is 17.1. The molecule has 1 aliphatic rings. The van der Waals surface area contributed by atoms with Gasteiger partial charge in [-0.25, -0.2) is 13.1 Å². The van der Waals surface area contributed by atoms with Crippen LogP contribution in [0.1, 0.15) is 12.0 Å². The number of halogens is 3. The van der Waals surface area contributed by atoms with E-state index in [4.69, 9.17) is 4.74 Å². The van der Waals surface area contributed by atoms with E-state index >= 15 is 0 Å². The summed E-state index contributed by atoms with van der Waals surface area (Å²) in [7, 11) is -2.17. The van der Waals surface area contributed by atoms with Crippen molar-refractivity contribution in [3.05, 3.63) is 29.8 Å². The zero-order valence-electron chi connectivity index (χ0n) is 12.6. The molecule has 2 atom stereocenters. The van der Waals surface area contributed by atoms with Gasteiger partial charge in [0.1, 0.15) is 17.6 Å². The molecule has 1 heterocycles. The maximum atomic E-state index is 12.6. The fourth-order valence-corrected chi connectivity index (χ4v) is 3.40. The number of hydrogen-bond acceptors (Lipinski definition) is 4. The van der Waals surface area contributed by atoms with Gasteiger partial charge in [-0.2, -0.15) is 13.2 Å². The summed E-state index contributed by atoms with van der Waals surface area (Å²) >= 11 is 0. The van der Waals surface area contributed by atoms with E-state index in [2.05, 4.69) is 10.0 Å². The third-order valence-electron chi connectivity index (χ3n) is 3.79. The van der Waals surface area contributed by atoms with Gasteiger partial charge in [0.15, 0.2) is 0 Å². The van der Waals surface area contributed by atoms with Crippen LogP contribution >= 0.6 is 0 Å². The molecule has 0 radical (unpaired) electrons. The van der Waals surface area contributed by atoms with Crippen molar-refractivity contribution in [3.63, 3.8) is 0 Å². The fraction of sp³-hybridized carbons (Fsp3) is 0.571. The molecule has 0 saturated carbocycles. The maximum absolute atomic E-state index is 12.6. The second-order valence-corrected chi connectivity index (χ2v) is 7.39. The summed E-state index contributed by atoms with van der Waals surface area (Å²) in [6.07, 6.45) is -4.29. The van der Waals surface area contributed by atoms with Crippen molar-refractivity contribution in [3.8, 4) is 5.75 Å². The minimum absolute atomic E-state index is 0.0135. The SMILES string of the molecule is CNS(=O)(=O)C[C@@H](Oc1ccc(C(F)(F)F)cc1)[C@H]1CCNC1. The molecule has 1 aromatic rings. The van der Waals surface area contributed by atoms with Crippen molar-refractivity contribution in [2.75, 3.05) is 25.9 Å². The first-order chi connectivity index (χ1) is 10.7. The molecule has 130 valence electrons. The quantitative estimate of drug-likeness (QED) is 0.816. The highest BCUT2D eigenvalue weighted by atomic mass is 32.2. The van der Waals surface area contributed by atoms with Gasteiger partial charge in [-0.1, -0.05) is 0 Å². The molecule has 0 amide bonds. The Bertz CT molecular complexity index is 611. The predicted octanol–water partition coefficient (Wildman–Crippen LogP) is 1.61. The normalized spacial score (nSPS) is 20.4. The number of nitrogens with one attached hydrogen (secondary N) is 2. The van der Waals surface area contributed by atoms with Crippen LogP contribution < -0.4 is 14.8 Å². The van der Waals surface area contributed by atoms with E-state index < -0.39 is 27.9 Å². The van der Waals surface area contributed by atoms with Crippen molar-refractivity contribution in [2.45, 2.75) is 18.7 Å². The predicted molar refractivity (Wildman–Crippen MR) is 79.7 cm³/mol. The third kappa shape index (κ3) is 5.08. The summed E-state index contributed by atoms with van der Waals surface area (Å²) in [5.74, 6) is -0.0294. The van der Waals surface area contributed by atoms with Crippen molar-refractivity contribution in [1.29, 1.82) is 0 Å². The number of benzene rings is 1. The topological polar surface area (TPSA) is 67.4 Å². The van der Waals surface area contributed by atoms with Gasteiger partial charge in [-0.05, 0) is 44.3 Å². The molecular formula is C14H19F3N2O3S. The molecule has 0 aromatic heterocycles. The molecule has 0 spiro atoms. The van der Waals surface area contributed by atoms with Crippen molar-refractivity contribution < 1.29 is 26.3 Å². The largest absolute Gasteiger partial charge is 0.489 e. The standard InChI is InChI=1S/C14H19F3N2O3S/c1-18-23(20,21)9-13(10-6-7-19-8-10)22-12-4-2-11(3-5-12)14(15,16)17/h2-5,10,13,18-19H,6-9H2,1H3/t10-,13+/m0/s1. The Balaban J connectivity index is 2.13. The summed E-state index contributed by atoms with van der Waals surface area (Å²) in [5.41, 5.74) is -0.772. The van der Waals surface area contributed by atoms with E-state index in [0.29, 0.717) is 6.54 Å². The van der Waals surface area contributed by atoms with Crippen LogP contribution in [0.5, 0.6) is 5.75 Å². The lowest BCUT2D eigenvalue weighted by Crippen LogP contribution is -2.39. The monoisotopic (exact) mass is 352 g/mol. The second-order valence-electron chi connectivity index (χ2n) is 5.42. The number of alkyl halides is 3. The maximum Gasteiger partial charge on any atom is 0.416 e. The minimum Gasteiger partial charge on any atom is -0.489 e. The first kappa shape index (κ1) is 18.0. The van der Waals surface area contributed by atoms with Crippen molar-refractivity contribution in [1.82, 2.24) is 10.0 Å². The minimum atomic E-state index is -4.41. The van der Waals surface area contributed by atoms with Gasteiger partial charge in [0.05, 0.1) is 5.56 Å². The summed E-state index contributed by atoms with van der Waals surface area (Å²) in [5, 5.41) is 3.13. The van der Waals surface area contributed by atoms with E-state index in [1.807, 2.05) is 0 Å². The van der Waals surface area contributed by atoms with Crippen LogP contribution in [-0.2, 0) is 16.2 Å². The Labute approximate surface area is 133 Å². The summed E-state index contributed by atoms with van der Waals surface area (Å²) in [6, 6.07) is 4.27. The van der Waals surface area contributed by atoms with Gasteiger partial charge in [0.2, 0.25) is 10.0 Å². The van der Waals surface area contributed by atoms with Crippen molar-refractivity contribution >= 4 is 10.0 Å². The molecule has 5 nitrogen and oxygen atoms in total. The average molecular weight is 352 g/mol.